The zero-order valence-corrected chi connectivity index (χ0v) is 42.3. The summed E-state index contributed by atoms with van der Waals surface area (Å²) >= 11 is 1.51. The topological polar surface area (TPSA) is 157 Å². The third-order valence-electron chi connectivity index (χ3n) is 11.8. The number of esters is 3. The van der Waals surface area contributed by atoms with Crippen molar-refractivity contribution in [1.29, 1.82) is 0 Å². The highest BCUT2D eigenvalue weighted by atomic mass is 32.1. The summed E-state index contributed by atoms with van der Waals surface area (Å²) in [7, 11) is 0. The van der Waals surface area contributed by atoms with Crippen LogP contribution in [0.3, 0.4) is 0 Å². The Hall–Kier alpha value is -5.17. The second-order valence-electron chi connectivity index (χ2n) is 17.5. The van der Waals surface area contributed by atoms with E-state index in [1.54, 1.807) is 12.1 Å². The highest BCUT2D eigenvalue weighted by molar-refractivity contribution is 7.21. The first-order valence-electron chi connectivity index (χ1n) is 25.8. The van der Waals surface area contributed by atoms with Gasteiger partial charge >= 0.3 is 23.9 Å². The fourth-order valence-corrected chi connectivity index (χ4v) is 8.73. The summed E-state index contributed by atoms with van der Waals surface area (Å²) in [4.78, 5) is 50.2. The molecule has 1 heterocycles. The van der Waals surface area contributed by atoms with Crippen LogP contribution in [0.25, 0.3) is 20.8 Å². The number of carboxylic acid groups (broad SMARTS) is 1. The van der Waals surface area contributed by atoms with Gasteiger partial charge in [0.1, 0.15) is 5.01 Å². The quantitative estimate of drug-likeness (QED) is 0.0248. The van der Waals surface area contributed by atoms with Crippen LogP contribution in [-0.2, 0) is 28.6 Å². The van der Waals surface area contributed by atoms with Crippen LogP contribution in [-0.4, -0.2) is 73.6 Å². The van der Waals surface area contributed by atoms with Gasteiger partial charge in [0, 0.05) is 23.8 Å². The summed E-state index contributed by atoms with van der Waals surface area (Å²) in [6.45, 7) is 13.3. The lowest BCUT2D eigenvalue weighted by Gasteiger charge is -2.18. The molecule has 3 rings (SSSR count). The zero-order valence-electron chi connectivity index (χ0n) is 41.5. The molecule has 0 fully saturated rings. The van der Waals surface area contributed by atoms with Crippen LogP contribution in [0, 0.1) is 0 Å². The summed E-state index contributed by atoms with van der Waals surface area (Å²) in [5.41, 5.74) is 1.67. The minimum Gasteiger partial charge on any atom is -0.490 e. The molecule has 1 N–H and O–H groups in total. The zero-order chi connectivity index (χ0) is 49.6. The number of hydrogen-bond acceptors (Lipinski definition) is 12. The van der Waals surface area contributed by atoms with Crippen molar-refractivity contribution in [3.63, 3.8) is 0 Å². The highest BCUT2D eigenvalue weighted by Crippen LogP contribution is 2.44. The van der Waals surface area contributed by atoms with E-state index in [0.717, 1.165) is 131 Å². The summed E-state index contributed by atoms with van der Waals surface area (Å²) < 4.78 is 35.8. The highest BCUT2D eigenvalue weighted by Gasteiger charge is 2.19. The first-order chi connectivity index (χ1) is 33.7. The maximum absolute atomic E-state index is 11.7. The number of carbonyl (C=O) groups is 4. The van der Waals surface area contributed by atoms with Crippen molar-refractivity contribution in [2.24, 2.45) is 0 Å². The molecule has 0 unspecified atom stereocenters. The largest absolute Gasteiger partial charge is 0.490 e. The van der Waals surface area contributed by atoms with Gasteiger partial charge in [0.15, 0.2) is 11.5 Å². The van der Waals surface area contributed by atoms with Gasteiger partial charge in [0.05, 0.1) is 55.4 Å². The van der Waals surface area contributed by atoms with Crippen LogP contribution in [0.2, 0.25) is 0 Å². The van der Waals surface area contributed by atoms with Crippen LogP contribution in [0.4, 0.5) is 0 Å². The normalized spacial score (nSPS) is 11.0. The smallest absolute Gasteiger partial charge is 0.335 e. The van der Waals surface area contributed by atoms with Gasteiger partial charge in [0.25, 0.3) is 0 Å². The number of fused-ring (bicyclic) bond motifs is 1. The van der Waals surface area contributed by atoms with E-state index in [1.165, 1.54) is 87.4 Å². The molecule has 0 bridgehead atoms. The van der Waals surface area contributed by atoms with Crippen molar-refractivity contribution in [3.8, 4) is 27.8 Å². The van der Waals surface area contributed by atoms with Crippen LogP contribution in [0.5, 0.6) is 17.2 Å². The van der Waals surface area contributed by atoms with Crippen molar-refractivity contribution >= 4 is 45.4 Å². The number of carboxylic acids is 1. The maximum atomic E-state index is 11.7. The fourth-order valence-electron chi connectivity index (χ4n) is 7.80. The number of carbonyl (C=O) groups excluding carboxylic acids is 3. The van der Waals surface area contributed by atoms with Crippen molar-refractivity contribution in [2.45, 2.75) is 173 Å². The van der Waals surface area contributed by atoms with Crippen LogP contribution in [0.15, 0.2) is 68.3 Å². The molecule has 0 spiro atoms. The van der Waals surface area contributed by atoms with Crippen LogP contribution >= 0.6 is 11.3 Å². The number of ether oxygens (including phenoxy) is 6. The summed E-state index contributed by atoms with van der Waals surface area (Å²) in [5, 5.41) is 10.4. The molecule has 0 radical (unpaired) electrons. The van der Waals surface area contributed by atoms with Crippen molar-refractivity contribution < 1.29 is 52.7 Å². The molecule has 3 aromatic rings. The molecule has 69 heavy (non-hydrogen) atoms. The molecule has 0 aliphatic carbocycles. The molecule has 0 saturated carbocycles. The van der Waals surface area contributed by atoms with Crippen LogP contribution < -0.4 is 14.2 Å². The minimum absolute atomic E-state index is 0.198. The first kappa shape index (κ1) is 58.1. The molecule has 0 aliphatic rings. The fraction of sp³-hybridized carbons (Fsp3) is 0.589. The van der Waals surface area contributed by atoms with E-state index in [2.05, 4.69) is 19.7 Å². The molecule has 0 saturated heterocycles. The van der Waals surface area contributed by atoms with E-state index in [-0.39, 0.29) is 23.5 Å². The molecule has 0 amide bonds. The van der Waals surface area contributed by atoms with Crippen molar-refractivity contribution in [1.82, 2.24) is 4.98 Å². The molecule has 2 aromatic carbocycles. The minimum atomic E-state index is -0.988. The summed E-state index contributed by atoms with van der Waals surface area (Å²) in [5.74, 6) is -0.195. The maximum Gasteiger partial charge on any atom is 0.335 e. The number of hydrogen-bond donors (Lipinski definition) is 1. The van der Waals surface area contributed by atoms with Crippen LogP contribution in [0.1, 0.15) is 184 Å². The average Bonchev–Trinajstić information content (AvgIpc) is 3.79. The predicted octanol–water partition coefficient (Wildman–Crippen LogP) is 14.5. The SMILES string of the molecule is C=CC(=O)OCCCCCCCCCCCOc1cc(-c2nc3cc(C(=O)O)ccc3s2)cc(OCCCCCCCCCCCOC(=O)C=C)c1OCCCCCCCCCCCOC(=O)C=C. The van der Waals surface area contributed by atoms with E-state index in [9.17, 15) is 24.3 Å². The Labute approximate surface area is 416 Å². The Morgan fingerprint density at radius 2 is 0.797 bits per heavy atom. The van der Waals surface area contributed by atoms with Gasteiger partial charge < -0.3 is 33.5 Å². The third kappa shape index (κ3) is 26.4. The molecule has 382 valence electrons. The molecule has 1 aromatic heterocycles. The molecular formula is C56H81NO11S. The number of benzene rings is 2. The lowest BCUT2D eigenvalue weighted by atomic mass is 10.1. The first-order valence-corrected chi connectivity index (χ1v) is 26.7. The Morgan fingerprint density at radius 1 is 0.464 bits per heavy atom. The average molecular weight is 976 g/mol. The molecular weight excluding hydrogens is 895 g/mol. The van der Waals surface area contributed by atoms with Crippen molar-refractivity contribution in [3.05, 3.63) is 73.9 Å². The van der Waals surface area contributed by atoms with Gasteiger partial charge in [-0.1, -0.05) is 155 Å². The second-order valence-corrected chi connectivity index (χ2v) is 18.5. The van der Waals surface area contributed by atoms with Gasteiger partial charge in [-0.3, -0.25) is 0 Å². The molecule has 13 heteroatoms. The van der Waals surface area contributed by atoms with E-state index >= 15 is 0 Å². The monoisotopic (exact) mass is 976 g/mol. The Bertz CT molecular complexity index is 1890. The standard InChI is InChI=1S/C56H81NO11S/c1-4-51(58)65-38-30-24-18-12-7-10-16-22-28-36-63-48-43-46(55-57-47-42-45(56(61)62)34-35-50(47)69-55)44-49(64-37-29-23-17-11-8-13-19-25-31-39-66-52(59)5-2)54(48)68-41-33-27-21-15-9-14-20-26-32-40-67-53(60)6-3/h4-6,34-35,42-44H,1-3,7-33,36-41H2,(H,61,62). The van der Waals surface area contributed by atoms with E-state index in [4.69, 9.17) is 33.4 Å². The van der Waals surface area contributed by atoms with E-state index in [1.807, 2.05) is 18.2 Å². The molecule has 12 nitrogen and oxygen atoms in total. The van der Waals surface area contributed by atoms with Gasteiger partial charge in [-0.25, -0.2) is 24.2 Å². The van der Waals surface area contributed by atoms with E-state index in [0.29, 0.717) is 62.4 Å². The number of aromatic carboxylic acids is 1. The Balaban J connectivity index is 1.60. The second kappa shape index (κ2) is 37.7. The van der Waals surface area contributed by atoms with Crippen molar-refractivity contribution in [2.75, 3.05) is 39.6 Å². The predicted molar refractivity (Wildman–Crippen MR) is 277 cm³/mol. The van der Waals surface area contributed by atoms with Gasteiger partial charge in [-0.2, -0.15) is 0 Å². The lowest BCUT2D eigenvalue weighted by Crippen LogP contribution is -2.06. The van der Waals surface area contributed by atoms with Gasteiger partial charge in [0.2, 0.25) is 5.75 Å². The number of thiazole rings is 1. The number of unbranched alkanes of at least 4 members (excludes halogenated alkanes) is 24. The van der Waals surface area contributed by atoms with E-state index < -0.39 is 5.97 Å². The van der Waals surface area contributed by atoms with Gasteiger partial charge in [-0.15, -0.1) is 11.3 Å². The Kier molecular flexibility index (Phi) is 31.8. The van der Waals surface area contributed by atoms with Gasteiger partial charge in [-0.05, 0) is 68.9 Å². The Morgan fingerprint density at radius 3 is 1.14 bits per heavy atom. The number of nitrogens with zero attached hydrogens (tertiary/aromatic N) is 1. The number of rotatable bonds is 44. The third-order valence-corrected chi connectivity index (χ3v) is 12.8. The number of aromatic nitrogens is 1. The summed E-state index contributed by atoms with van der Waals surface area (Å²) in [6, 6.07) is 9.03. The lowest BCUT2D eigenvalue weighted by molar-refractivity contribution is -0.138. The molecule has 0 atom stereocenters. The molecule has 0 aliphatic heterocycles. The summed E-state index contributed by atoms with van der Waals surface area (Å²) in [6.07, 6.45) is 32.6.